The van der Waals surface area contributed by atoms with Crippen molar-refractivity contribution in [3.8, 4) is 16.8 Å². The van der Waals surface area contributed by atoms with Crippen LogP contribution in [-0.4, -0.2) is 4.57 Å². The zero-order valence-electron chi connectivity index (χ0n) is 20.9. The molecule has 2 nitrogen and oxygen atoms in total. The van der Waals surface area contributed by atoms with Gasteiger partial charge in [-0.2, -0.15) is 0 Å². The van der Waals surface area contributed by atoms with Crippen LogP contribution in [0.3, 0.4) is 0 Å². The molecule has 0 spiro atoms. The molecule has 0 saturated heterocycles. The fourth-order valence-corrected chi connectivity index (χ4v) is 7.44. The second kappa shape index (κ2) is 7.83. The van der Waals surface area contributed by atoms with Crippen LogP contribution < -0.4 is 0 Å². The lowest BCUT2D eigenvalue weighted by atomic mass is 9.97. The lowest BCUT2D eigenvalue weighted by molar-refractivity contribution is 0.669. The van der Waals surface area contributed by atoms with Gasteiger partial charge in [0.2, 0.25) is 0 Å². The van der Waals surface area contributed by atoms with E-state index in [1.54, 1.807) is 0 Å². The molecule has 0 aliphatic carbocycles. The highest BCUT2D eigenvalue weighted by Gasteiger charge is 2.20. The SMILES string of the molecule is c1cc(-c2ccc3sc4ccccc4c3c2)c2c(c1)oc1cccc(-n3c4ccccc4c4ccccc43)c12. The highest BCUT2D eigenvalue weighted by atomic mass is 32.1. The Hall–Kier alpha value is -4.86. The first kappa shape index (κ1) is 21.1. The molecule has 0 bridgehead atoms. The van der Waals surface area contributed by atoms with Crippen LogP contribution in [0.2, 0.25) is 0 Å². The second-order valence-corrected chi connectivity index (χ2v) is 11.2. The Morgan fingerprint density at radius 3 is 1.92 bits per heavy atom. The molecule has 3 aromatic heterocycles. The molecule has 9 aromatic rings. The van der Waals surface area contributed by atoms with E-state index >= 15 is 0 Å². The van der Waals surface area contributed by atoms with Crippen molar-refractivity contribution in [1.29, 1.82) is 0 Å². The van der Waals surface area contributed by atoms with Gasteiger partial charge < -0.3 is 8.98 Å². The number of nitrogens with zero attached hydrogens (tertiary/aromatic N) is 1. The van der Waals surface area contributed by atoms with Gasteiger partial charge in [-0.15, -0.1) is 11.3 Å². The molecule has 39 heavy (non-hydrogen) atoms. The van der Waals surface area contributed by atoms with Crippen LogP contribution in [0, 0.1) is 0 Å². The third-order valence-corrected chi connectivity index (χ3v) is 9.16. The van der Waals surface area contributed by atoms with Crippen LogP contribution in [0.15, 0.2) is 132 Å². The Labute approximate surface area is 227 Å². The van der Waals surface area contributed by atoms with Gasteiger partial charge >= 0.3 is 0 Å². The van der Waals surface area contributed by atoms with Crippen LogP contribution >= 0.6 is 11.3 Å². The van der Waals surface area contributed by atoms with Gasteiger partial charge in [-0.1, -0.05) is 78.9 Å². The van der Waals surface area contributed by atoms with E-state index in [0.29, 0.717) is 0 Å². The van der Waals surface area contributed by atoms with E-state index < -0.39 is 0 Å². The molecule has 0 atom stereocenters. The van der Waals surface area contributed by atoms with E-state index in [1.165, 1.54) is 53.1 Å². The summed E-state index contributed by atoms with van der Waals surface area (Å²) < 4.78 is 11.5. The van der Waals surface area contributed by atoms with Gasteiger partial charge in [0.15, 0.2) is 0 Å². The summed E-state index contributed by atoms with van der Waals surface area (Å²) in [6.45, 7) is 0. The van der Waals surface area contributed by atoms with Crippen molar-refractivity contribution in [3.05, 3.63) is 127 Å². The Bertz CT molecular complexity index is 2350. The summed E-state index contributed by atoms with van der Waals surface area (Å²) in [7, 11) is 0. The number of aromatic nitrogens is 1. The fraction of sp³-hybridized carbons (Fsp3) is 0. The summed E-state index contributed by atoms with van der Waals surface area (Å²) in [5.74, 6) is 0. The minimum absolute atomic E-state index is 0.902. The lowest BCUT2D eigenvalue weighted by Gasteiger charge is -2.11. The predicted octanol–water partition coefficient (Wildman–Crippen LogP) is 10.7. The summed E-state index contributed by atoms with van der Waals surface area (Å²) >= 11 is 1.85. The van der Waals surface area contributed by atoms with Crippen molar-refractivity contribution in [2.45, 2.75) is 0 Å². The Morgan fingerprint density at radius 1 is 0.487 bits per heavy atom. The van der Waals surface area contributed by atoms with Gasteiger partial charge in [-0.05, 0) is 59.7 Å². The fourth-order valence-electron chi connectivity index (χ4n) is 6.35. The largest absolute Gasteiger partial charge is 0.456 e. The maximum atomic E-state index is 6.51. The van der Waals surface area contributed by atoms with Gasteiger partial charge in [0.25, 0.3) is 0 Å². The third-order valence-electron chi connectivity index (χ3n) is 8.01. The normalized spacial score (nSPS) is 12.1. The molecule has 0 N–H and O–H groups in total. The number of thiophene rings is 1. The van der Waals surface area contributed by atoms with E-state index in [2.05, 4.69) is 132 Å². The summed E-state index contributed by atoms with van der Waals surface area (Å²) in [4.78, 5) is 0. The minimum Gasteiger partial charge on any atom is -0.456 e. The number of fused-ring (bicyclic) bond motifs is 9. The average molecular weight is 516 g/mol. The third kappa shape index (κ3) is 2.91. The highest BCUT2D eigenvalue weighted by molar-refractivity contribution is 7.25. The Balaban J connectivity index is 1.40. The van der Waals surface area contributed by atoms with Gasteiger partial charge in [0.1, 0.15) is 11.2 Å². The first-order valence-corrected chi connectivity index (χ1v) is 14.0. The van der Waals surface area contributed by atoms with Gasteiger partial charge in [0.05, 0.1) is 22.1 Å². The van der Waals surface area contributed by atoms with Gasteiger partial charge in [-0.25, -0.2) is 0 Å². The molecule has 0 fully saturated rings. The highest BCUT2D eigenvalue weighted by Crippen LogP contribution is 2.43. The average Bonchev–Trinajstić information content (AvgIpc) is 3.66. The monoisotopic (exact) mass is 515 g/mol. The van der Waals surface area contributed by atoms with Crippen molar-refractivity contribution in [2.75, 3.05) is 0 Å². The molecule has 0 radical (unpaired) electrons. The first-order valence-electron chi connectivity index (χ1n) is 13.2. The van der Waals surface area contributed by atoms with Crippen LogP contribution in [-0.2, 0) is 0 Å². The summed E-state index contributed by atoms with van der Waals surface area (Å²) in [5.41, 5.74) is 7.74. The van der Waals surface area contributed by atoms with Gasteiger partial charge in [-0.3, -0.25) is 0 Å². The van der Waals surface area contributed by atoms with E-state index in [9.17, 15) is 0 Å². The molecule has 0 saturated carbocycles. The van der Waals surface area contributed by atoms with Crippen LogP contribution in [0.5, 0.6) is 0 Å². The van der Waals surface area contributed by atoms with Crippen molar-refractivity contribution in [3.63, 3.8) is 0 Å². The molecular weight excluding hydrogens is 494 g/mol. The Kier molecular flexibility index (Phi) is 4.24. The number of para-hydroxylation sites is 2. The standard InChI is InChI=1S/C36H21NOS/c1-4-13-28-24(9-1)25-10-2-5-14-29(25)37(28)30-15-8-17-32-36(30)35-23(12-7-16-31(35)38-32)22-19-20-34-27(21-22)26-11-3-6-18-33(26)39-34/h1-21H. The maximum Gasteiger partial charge on any atom is 0.137 e. The maximum absolute atomic E-state index is 6.51. The Morgan fingerprint density at radius 2 is 1.13 bits per heavy atom. The zero-order chi connectivity index (χ0) is 25.5. The molecule has 6 aromatic carbocycles. The molecule has 0 amide bonds. The van der Waals surface area contributed by atoms with Crippen molar-refractivity contribution in [1.82, 2.24) is 4.57 Å². The summed E-state index contributed by atoms with van der Waals surface area (Å²) in [5, 5.41) is 7.43. The van der Waals surface area contributed by atoms with E-state index in [-0.39, 0.29) is 0 Å². The number of furan rings is 1. The van der Waals surface area contributed by atoms with Crippen LogP contribution in [0.1, 0.15) is 0 Å². The quantitative estimate of drug-likeness (QED) is 0.224. The van der Waals surface area contributed by atoms with Crippen molar-refractivity contribution in [2.24, 2.45) is 0 Å². The molecule has 0 aliphatic heterocycles. The molecule has 182 valence electrons. The summed E-state index contributed by atoms with van der Waals surface area (Å²) in [6, 6.07) is 45.8. The van der Waals surface area contributed by atoms with Crippen LogP contribution in [0.25, 0.3) is 80.7 Å². The lowest BCUT2D eigenvalue weighted by Crippen LogP contribution is -1.94. The summed E-state index contributed by atoms with van der Waals surface area (Å²) in [6.07, 6.45) is 0. The zero-order valence-corrected chi connectivity index (χ0v) is 21.7. The number of hydrogen-bond donors (Lipinski definition) is 0. The minimum atomic E-state index is 0.902. The number of rotatable bonds is 2. The van der Waals surface area contributed by atoms with Gasteiger partial charge in [0, 0.05) is 36.3 Å². The molecule has 3 heteroatoms. The topological polar surface area (TPSA) is 18.1 Å². The van der Waals surface area contributed by atoms with E-state index in [4.69, 9.17) is 4.42 Å². The number of benzene rings is 6. The predicted molar refractivity (Wildman–Crippen MR) is 166 cm³/mol. The molecule has 3 heterocycles. The first-order chi connectivity index (χ1) is 19.3. The number of hydrogen-bond acceptors (Lipinski definition) is 2. The molecular formula is C36H21NOS. The second-order valence-electron chi connectivity index (χ2n) is 10.1. The van der Waals surface area contributed by atoms with Crippen molar-refractivity contribution >= 4 is 75.3 Å². The molecule has 9 rings (SSSR count). The van der Waals surface area contributed by atoms with E-state index in [1.807, 2.05) is 11.3 Å². The van der Waals surface area contributed by atoms with Crippen LogP contribution in [0.4, 0.5) is 0 Å². The van der Waals surface area contributed by atoms with E-state index in [0.717, 1.165) is 27.6 Å². The molecule has 0 aliphatic rings. The molecule has 0 unspecified atom stereocenters. The smallest absolute Gasteiger partial charge is 0.137 e. The van der Waals surface area contributed by atoms with Crippen molar-refractivity contribution < 1.29 is 4.42 Å².